The molecule has 7 rings (SSSR count). The highest BCUT2D eigenvalue weighted by Crippen LogP contribution is 2.40. The van der Waals surface area contributed by atoms with Crippen molar-refractivity contribution in [2.75, 3.05) is 34.0 Å². The number of aliphatic hydroxyl groups is 11. The molecule has 0 unspecified atom stereocenters. The van der Waals surface area contributed by atoms with Gasteiger partial charge in [0, 0.05) is 36.3 Å². The summed E-state index contributed by atoms with van der Waals surface area (Å²) in [6.07, 6.45) is -21.4. The van der Waals surface area contributed by atoms with E-state index in [1.54, 1.807) is 0 Å². The minimum absolute atomic E-state index is 0.0277. The van der Waals surface area contributed by atoms with E-state index in [1.165, 1.54) is 56.7 Å². The average Bonchev–Trinajstić information content (AvgIpc) is 3.34. The summed E-state index contributed by atoms with van der Waals surface area (Å²) in [5.41, 5.74) is -0.993. The van der Waals surface area contributed by atoms with Crippen LogP contribution in [-0.4, -0.2) is 192 Å². The molecule has 2 aliphatic heterocycles. The number of aliphatic hydroxyl groups excluding tert-OH is 11. The summed E-state index contributed by atoms with van der Waals surface area (Å²) in [5.74, 6) is -4.00. The number of benzene rings is 3. The second-order valence-electron chi connectivity index (χ2n) is 16.4. The van der Waals surface area contributed by atoms with Crippen LogP contribution < -0.4 is 29.1 Å². The van der Waals surface area contributed by atoms with Crippen LogP contribution in [0.4, 0.5) is 0 Å². The number of ether oxygens (including phenoxy) is 8. The van der Waals surface area contributed by atoms with Crippen LogP contribution in [0.3, 0.4) is 0 Å². The number of phenolic OH excluding ortho intramolecular Hbond substituents is 2. The zero-order valence-corrected chi connectivity index (χ0v) is 36.6. The van der Waals surface area contributed by atoms with Gasteiger partial charge in [-0.25, -0.2) is 4.79 Å². The number of rotatable bonds is 15. The molecule has 0 bridgehead atoms. The van der Waals surface area contributed by atoms with Crippen molar-refractivity contribution >= 4 is 23.0 Å². The molecule has 3 aromatic carbocycles. The Bertz CT molecular complexity index is 2480. The molecule has 24 heteroatoms. The van der Waals surface area contributed by atoms with E-state index in [4.69, 9.17) is 42.3 Å². The Morgan fingerprint density at radius 2 is 1.28 bits per heavy atom. The van der Waals surface area contributed by atoms with Crippen molar-refractivity contribution in [3.05, 3.63) is 70.4 Å². The molecule has 4 aromatic rings. The largest absolute Gasteiger partial charge is 0.507 e. The van der Waals surface area contributed by atoms with E-state index in [0.29, 0.717) is 5.56 Å². The third-order valence-corrected chi connectivity index (χ3v) is 12.0. The Hall–Kier alpha value is -5.84. The summed E-state index contributed by atoms with van der Waals surface area (Å²) in [4.78, 5) is 26.9. The predicted octanol–water partition coefficient (Wildman–Crippen LogP) is -2.65. The van der Waals surface area contributed by atoms with Crippen LogP contribution in [0.5, 0.6) is 40.2 Å². The molecule has 2 saturated heterocycles. The van der Waals surface area contributed by atoms with Gasteiger partial charge in [-0.2, -0.15) is 0 Å². The number of phenols is 2. The standard InChI is InChI=1S/C45H52O24/c1-61-24-9-17(10-25(62-2)32(24)51)3-8-29(49)63-16-28-35(54)39(58)40(59)44(68-28)65-20-6-4-18(5-7-20)42-43(69-45-41(60)38(57)34(53)27(15-47)67-45)36(55)30-22(48)12-21(13-23(30)66-42)64-26-11-19(14-46)31(50)37(56)33(26)52/h3-10,12-13,19,26-28,31,33-35,37-41,44-48,50-54,56-60H,11,14-16H2,1-2H3/b8-3-/t19-,26-,27-,28-,31-,33+,34+,35+,37+,38-,39-,40+,41+,44-,45+/m0/s1. The van der Waals surface area contributed by atoms with Crippen molar-refractivity contribution < 1.29 is 113 Å². The van der Waals surface area contributed by atoms with Crippen molar-refractivity contribution in [2.24, 2.45) is 5.92 Å². The summed E-state index contributed by atoms with van der Waals surface area (Å²) >= 11 is 0. The van der Waals surface area contributed by atoms with Crippen LogP contribution in [-0.2, 0) is 19.0 Å². The molecule has 376 valence electrons. The van der Waals surface area contributed by atoms with E-state index in [2.05, 4.69) is 0 Å². The van der Waals surface area contributed by atoms with Crippen molar-refractivity contribution in [3.63, 3.8) is 0 Å². The summed E-state index contributed by atoms with van der Waals surface area (Å²) in [7, 11) is 2.65. The normalized spacial score (nSPS) is 31.6. The van der Waals surface area contributed by atoms with E-state index in [0.717, 1.165) is 18.2 Å². The molecule has 3 heterocycles. The zero-order valence-electron chi connectivity index (χ0n) is 36.6. The molecule has 1 saturated carbocycles. The zero-order chi connectivity index (χ0) is 50.0. The average molecular weight is 977 g/mol. The molecule has 24 nitrogen and oxygen atoms in total. The number of aromatic hydroxyl groups is 2. The predicted molar refractivity (Wildman–Crippen MR) is 230 cm³/mol. The lowest BCUT2D eigenvalue weighted by Gasteiger charge is -2.39. The molecule has 13 N–H and O–H groups in total. The first-order valence-corrected chi connectivity index (χ1v) is 21.3. The quantitative estimate of drug-likeness (QED) is 0.0427. The van der Waals surface area contributed by atoms with Crippen molar-refractivity contribution in [1.82, 2.24) is 0 Å². The summed E-state index contributed by atoms with van der Waals surface area (Å²) in [5, 5.41) is 135. The fourth-order valence-corrected chi connectivity index (χ4v) is 8.01. The Labute approximate surface area is 390 Å². The van der Waals surface area contributed by atoms with Gasteiger partial charge in [-0.3, -0.25) is 4.79 Å². The second-order valence-corrected chi connectivity index (χ2v) is 16.4. The first kappa shape index (κ1) is 51.0. The van der Waals surface area contributed by atoms with E-state index in [-0.39, 0.29) is 46.3 Å². The number of methoxy groups -OCH3 is 2. The Balaban J connectivity index is 1.14. The van der Waals surface area contributed by atoms with Gasteiger partial charge in [0.05, 0.1) is 26.9 Å². The molecule has 0 radical (unpaired) electrons. The van der Waals surface area contributed by atoms with Crippen molar-refractivity contribution in [1.29, 1.82) is 0 Å². The SMILES string of the molecule is COc1cc(/C=C\C(=O)OC[C@@H]2O[C@H](Oc3ccc(-c4oc5cc(O[C@H]6C[C@@H](CO)[C@H](O)[C@@H](O)[C@@H]6O)cc(O)c5c(=O)c4O[C@H]4O[C@@H](CO)[C@@H](O)[C@H](O)[C@H]4O)cc3)[C@H](O)[C@@H](O)[C@@H]2O)cc(OC)c1O. The number of hydrogen-bond acceptors (Lipinski definition) is 24. The third kappa shape index (κ3) is 10.5. The van der Waals surface area contributed by atoms with Crippen LogP contribution in [0.1, 0.15) is 12.0 Å². The number of carbonyl (C=O) groups is 1. The van der Waals surface area contributed by atoms with E-state index in [9.17, 15) is 76.0 Å². The molecule has 69 heavy (non-hydrogen) atoms. The lowest BCUT2D eigenvalue weighted by atomic mass is 9.81. The van der Waals surface area contributed by atoms with Crippen molar-refractivity contribution in [2.45, 2.75) is 92.2 Å². The van der Waals surface area contributed by atoms with Gasteiger partial charge in [0.2, 0.25) is 29.5 Å². The van der Waals surface area contributed by atoms with E-state index in [1.807, 2.05) is 0 Å². The first-order valence-electron chi connectivity index (χ1n) is 21.3. The highest BCUT2D eigenvalue weighted by molar-refractivity contribution is 5.89. The Kier molecular flexibility index (Phi) is 15.8. The highest BCUT2D eigenvalue weighted by atomic mass is 16.7. The number of fused-ring (bicyclic) bond motifs is 1. The van der Waals surface area contributed by atoms with Crippen LogP contribution in [0, 0.1) is 5.92 Å². The molecule has 1 aromatic heterocycles. The smallest absolute Gasteiger partial charge is 0.330 e. The Morgan fingerprint density at radius 3 is 1.88 bits per heavy atom. The fourth-order valence-electron chi connectivity index (χ4n) is 8.01. The van der Waals surface area contributed by atoms with Crippen LogP contribution in [0.25, 0.3) is 28.4 Å². The summed E-state index contributed by atoms with van der Waals surface area (Å²) < 4.78 is 50.2. The molecular formula is C45H52O24. The van der Waals surface area contributed by atoms with Gasteiger partial charge in [-0.15, -0.1) is 0 Å². The minimum Gasteiger partial charge on any atom is -0.507 e. The molecule has 1 aliphatic carbocycles. The topological polar surface area (TPSA) is 384 Å². The number of esters is 1. The molecule has 15 atom stereocenters. The van der Waals surface area contributed by atoms with Crippen LogP contribution in [0.2, 0.25) is 0 Å². The summed E-state index contributed by atoms with van der Waals surface area (Å²) in [6, 6.07) is 10.2. The van der Waals surface area contributed by atoms with Gasteiger partial charge in [0.25, 0.3) is 0 Å². The lowest BCUT2D eigenvalue weighted by molar-refractivity contribution is -0.278. The van der Waals surface area contributed by atoms with Crippen molar-refractivity contribution in [3.8, 4) is 51.6 Å². The minimum atomic E-state index is -2.00. The van der Waals surface area contributed by atoms with Crippen LogP contribution in [0.15, 0.2) is 63.8 Å². The lowest BCUT2D eigenvalue weighted by Crippen LogP contribution is -2.60. The van der Waals surface area contributed by atoms with Gasteiger partial charge < -0.3 is 109 Å². The molecule has 0 spiro atoms. The monoisotopic (exact) mass is 976 g/mol. The molecule has 3 fully saturated rings. The third-order valence-electron chi connectivity index (χ3n) is 12.0. The molecule has 0 amide bonds. The van der Waals surface area contributed by atoms with Gasteiger partial charge in [-0.1, -0.05) is 0 Å². The fraction of sp³-hybridized carbons (Fsp3) is 0.467. The number of carbonyl (C=O) groups excluding carboxylic acids is 1. The second kappa shape index (κ2) is 21.4. The van der Waals surface area contributed by atoms with E-state index < -0.39 is 146 Å². The van der Waals surface area contributed by atoms with Gasteiger partial charge in [0.15, 0.2) is 17.3 Å². The maximum Gasteiger partial charge on any atom is 0.330 e. The Morgan fingerprint density at radius 1 is 0.681 bits per heavy atom. The molecular weight excluding hydrogens is 924 g/mol. The van der Waals surface area contributed by atoms with Gasteiger partial charge >= 0.3 is 5.97 Å². The maximum absolute atomic E-state index is 14.3. The number of hydrogen-bond donors (Lipinski definition) is 13. The molecule has 3 aliphatic rings. The maximum atomic E-state index is 14.3. The van der Waals surface area contributed by atoms with Crippen LogP contribution >= 0.6 is 0 Å². The van der Waals surface area contributed by atoms with Gasteiger partial charge in [0.1, 0.15) is 102 Å². The van der Waals surface area contributed by atoms with E-state index >= 15 is 0 Å². The summed E-state index contributed by atoms with van der Waals surface area (Å²) in [6.45, 7) is -2.01. The highest BCUT2D eigenvalue weighted by Gasteiger charge is 2.47. The van der Waals surface area contributed by atoms with Gasteiger partial charge in [-0.05, 0) is 54.5 Å². The first-order chi connectivity index (χ1) is 32.9.